The third-order valence-electron chi connectivity index (χ3n) is 4.56. The van der Waals surface area contributed by atoms with Crippen molar-refractivity contribution in [1.29, 1.82) is 0 Å². The molecule has 0 bridgehead atoms. The number of nitrogens with zero attached hydrogens (tertiary/aromatic N) is 2. The van der Waals surface area contributed by atoms with E-state index in [1.54, 1.807) is 0 Å². The molecule has 0 unspecified atom stereocenters. The van der Waals surface area contributed by atoms with Crippen LogP contribution in [0.1, 0.15) is 0 Å². The number of halogens is 1. The van der Waals surface area contributed by atoms with Crippen molar-refractivity contribution in [2.24, 2.45) is 0 Å². The molecule has 3 nitrogen and oxygen atoms in total. The zero-order valence-electron chi connectivity index (χ0n) is 13.6. The summed E-state index contributed by atoms with van der Waals surface area (Å²) < 4.78 is 0. The second-order valence-electron chi connectivity index (χ2n) is 6.18. The molecule has 0 amide bonds. The molecule has 0 spiro atoms. The molecule has 1 fully saturated rings. The molecular weight excluding hydrogens is 338 g/mol. The van der Waals surface area contributed by atoms with E-state index in [9.17, 15) is 0 Å². The van der Waals surface area contributed by atoms with Crippen molar-refractivity contribution in [1.82, 2.24) is 9.88 Å². The van der Waals surface area contributed by atoms with Crippen LogP contribution >= 0.6 is 23.4 Å². The molecule has 3 aromatic rings. The molecule has 124 valence electrons. The number of aromatic amines is 1. The minimum Gasteiger partial charge on any atom is -0.368 e. The zero-order valence-corrected chi connectivity index (χ0v) is 15.2. The number of para-hydroxylation sites is 2. The van der Waals surface area contributed by atoms with Crippen molar-refractivity contribution in [3.63, 3.8) is 0 Å². The van der Waals surface area contributed by atoms with Gasteiger partial charge in [0.05, 0.1) is 16.2 Å². The Morgan fingerprint density at radius 1 is 0.958 bits per heavy atom. The minimum absolute atomic E-state index is 0.770. The average molecular weight is 358 g/mol. The van der Waals surface area contributed by atoms with Crippen LogP contribution in [0.2, 0.25) is 5.02 Å². The lowest BCUT2D eigenvalue weighted by atomic mass is 10.2. The second kappa shape index (κ2) is 6.71. The molecule has 2 aromatic carbocycles. The summed E-state index contributed by atoms with van der Waals surface area (Å²) in [5.41, 5.74) is 2.34. The van der Waals surface area contributed by atoms with Crippen molar-refractivity contribution in [3.05, 3.63) is 53.7 Å². The Bertz CT molecular complexity index is 853. The lowest BCUT2D eigenvalue weighted by Gasteiger charge is -2.35. The number of hydrogen-bond donors (Lipinski definition) is 1. The molecule has 1 aliphatic heterocycles. The lowest BCUT2D eigenvalue weighted by molar-refractivity contribution is 0.312. The Kier molecular flexibility index (Phi) is 4.44. The van der Waals surface area contributed by atoms with Crippen LogP contribution in [0, 0.1) is 0 Å². The van der Waals surface area contributed by atoms with Gasteiger partial charge in [0, 0.05) is 47.6 Å². The van der Waals surface area contributed by atoms with E-state index >= 15 is 0 Å². The Balaban J connectivity index is 1.66. The molecule has 0 aliphatic carbocycles. The van der Waals surface area contributed by atoms with Gasteiger partial charge in [-0.05, 0) is 25.2 Å². The predicted molar refractivity (Wildman–Crippen MR) is 104 cm³/mol. The maximum Gasteiger partial charge on any atom is 0.0655 e. The molecule has 2 heterocycles. The number of anilines is 1. The number of fused-ring (bicyclic) bond motifs is 1. The summed E-state index contributed by atoms with van der Waals surface area (Å²) in [5.74, 6) is 0. The number of rotatable bonds is 3. The molecule has 1 aliphatic rings. The monoisotopic (exact) mass is 357 g/mol. The van der Waals surface area contributed by atoms with Crippen molar-refractivity contribution >= 4 is 40.0 Å². The van der Waals surface area contributed by atoms with E-state index in [0.717, 1.165) is 36.7 Å². The zero-order chi connectivity index (χ0) is 16.5. The first kappa shape index (κ1) is 15.9. The highest BCUT2D eigenvalue weighted by Gasteiger charge is 2.18. The quantitative estimate of drug-likeness (QED) is 0.733. The van der Waals surface area contributed by atoms with Crippen molar-refractivity contribution < 1.29 is 0 Å². The smallest absolute Gasteiger partial charge is 0.0655 e. The van der Waals surface area contributed by atoms with Crippen LogP contribution in [0.25, 0.3) is 10.9 Å². The molecule has 0 atom stereocenters. The molecule has 1 aromatic heterocycles. The van der Waals surface area contributed by atoms with Crippen LogP contribution in [0.3, 0.4) is 0 Å². The third-order valence-corrected chi connectivity index (χ3v) is 5.99. The first-order valence-corrected chi connectivity index (χ1v) is 9.38. The van der Waals surface area contributed by atoms with Crippen LogP contribution in [0.5, 0.6) is 0 Å². The fraction of sp³-hybridized carbons (Fsp3) is 0.263. The second-order valence-corrected chi connectivity index (χ2v) is 7.67. The van der Waals surface area contributed by atoms with Gasteiger partial charge < -0.3 is 14.8 Å². The van der Waals surface area contributed by atoms with Gasteiger partial charge in [-0.3, -0.25) is 0 Å². The maximum atomic E-state index is 6.29. The van der Waals surface area contributed by atoms with Gasteiger partial charge in [0.25, 0.3) is 0 Å². The Hall–Kier alpha value is -1.62. The van der Waals surface area contributed by atoms with Gasteiger partial charge in [-0.2, -0.15) is 0 Å². The van der Waals surface area contributed by atoms with E-state index in [4.69, 9.17) is 11.6 Å². The fourth-order valence-corrected chi connectivity index (χ4v) is 4.46. The summed E-state index contributed by atoms with van der Waals surface area (Å²) >= 11 is 8.10. The molecule has 0 radical (unpaired) electrons. The Morgan fingerprint density at radius 2 is 1.75 bits per heavy atom. The van der Waals surface area contributed by atoms with Crippen LogP contribution in [0.15, 0.2) is 58.5 Å². The molecule has 1 N–H and O–H groups in total. The first-order valence-electron chi connectivity index (χ1n) is 8.18. The van der Waals surface area contributed by atoms with Crippen LogP contribution in [-0.4, -0.2) is 43.1 Å². The number of piperazine rings is 1. The van der Waals surface area contributed by atoms with Gasteiger partial charge >= 0.3 is 0 Å². The van der Waals surface area contributed by atoms with Crippen molar-refractivity contribution in [3.8, 4) is 0 Å². The van der Waals surface area contributed by atoms with Gasteiger partial charge in [0.15, 0.2) is 0 Å². The normalized spacial score (nSPS) is 16.0. The summed E-state index contributed by atoms with van der Waals surface area (Å²) in [5, 5.41) is 1.95. The van der Waals surface area contributed by atoms with E-state index < -0.39 is 0 Å². The molecule has 0 saturated carbocycles. The summed E-state index contributed by atoms with van der Waals surface area (Å²) in [6.07, 6.45) is 2.06. The van der Waals surface area contributed by atoms with Gasteiger partial charge in [-0.15, -0.1) is 0 Å². The molecule has 4 rings (SSSR count). The van der Waals surface area contributed by atoms with E-state index in [-0.39, 0.29) is 0 Å². The summed E-state index contributed by atoms with van der Waals surface area (Å²) in [4.78, 5) is 10.7. The van der Waals surface area contributed by atoms with Crippen LogP contribution in [0.4, 0.5) is 5.69 Å². The number of hydrogen-bond acceptors (Lipinski definition) is 3. The van der Waals surface area contributed by atoms with Gasteiger partial charge in [0.2, 0.25) is 0 Å². The summed E-state index contributed by atoms with van der Waals surface area (Å²) in [6.45, 7) is 4.38. The summed E-state index contributed by atoms with van der Waals surface area (Å²) in [7, 11) is 2.19. The average Bonchev–Trinajstić information content (AvgIpc) is 3.01. The number of benzene rings is 2. The Morgan fingerprint density at radius 3 is 2.58 bits per heavy atom. The van der Waals surface area contributed by atoms with E-state index in [1.807, 2.05) is 23.9 Å². The van der Waals surface area contributed by atoms with Crippen LogP contribution < -0.4 is 4.90 Å². The van der Waals surface area contributed by atoms with Gasteiger partial charge in [-0.25, -0.2) is 0 Å². The fourth-order valence-electron chi connectivity index (χ4n) is 3.15. The molecule has 24 heavy (non-hydrogen) atoms. The first-order chi connectivity index (χ1) is 11.7. The number of nitrogens with one attached hydrogen (secondary N) is 1. The third kappa shape index (κ3) is 3.02. The van der Waals surface area contributed by atoms with E-state index in [0.29, 0.717) is 0 Å². The van der Waals surface area contributed by atoms with Crippen molar-refractivity contribution in [2.45, 2.75) is 9.79 Å². The van der Waals surface area contributed by atoms with Gasteiger partial charge in [0.1, 0.15) is 0 Å². The lowest BCUT2D eigenvalue weighted by Crippen LogP contribution is -2.44. The highest BCUT2D eigenvalue weighted by Crippen LogP contribution is 2.40. The van der Waals surface area contributed by atoms with Gasteiger partial charge in [-0.1, -0.05) is 47.6 Å². The maximum absolute atomic E-state index is 6.29. The van der Waals surface area contributed by atoms with Crippen LogP contribution in [-0.2, 0) is 0 Å². The topological polar surface area (TPSA) is 22.3 Å². The molecular formula is C19H20ClN3S. The highest BCUT2D eigenvalue weighted by molar-refractivity contribution is 7.99. The SMILES string of the molecule is CN1CCN(c2ccccc2Sc2c[nH]c3c(Cl)cccc23)CC1. The number of H-pyrrole nitrogens is 1. The highest BCUT2D eigenvalue weighted by atomic mass is 35.5. The van der Waals surface area contributed by atoms with E-state index in [2.05, 4.69) is 58.4 Å². The summed E-state index contributed by atoms with van der Waals surface area (Å²) in [6, 6.07) is 14.7. The number of likely N-dealkylation sites (N-methyl/N-ethyl adjacent to an activating group) is 1. The van der Waals surface area contributed by atoms with E-state index in [1.165, 1.54) is 20.9 Å². The Labute approximate surface area is 151 Å². The predicted octanol–water partition coefficient (Wildman–Crippen LogP) is 4.72. The molecule has 1 saturated heterocycles. The van der Waals surface area contributed by atoms with Crippen molar-refractivity contribution in [2.75, 3.05) is 38.1 Å². The molecule has 5 heteroatoms. The standard InChI is InChI=1S/C19H20ClN3S/c1-22-9-11-23(12-10-22)16-7-2-3-8-17(16)24-18-13-21-19-14(18)5-4-6-15(19)20/h2-8,13,21H,9-12H2,1H3. The number of aromatic nitrogens is 1. The largest absolute Gasteiger partial charge is 0.368 e. The minimum atomic E-state index is 0.770.